The lowest BCUT2D eigenvalue weighted by Crippen LogP contribution is -2.37. The fourth-order valence-electron chi connectivity index (χ4n) is 1.85. The Hall–Kier alpha value is -0.100. The number of nitrogens with one attached hydrogen (secondary N) is 2. The molecule has 0 unspecified atom stereocenters. The molecule has 2 heterocycles. The summed E-state index contributed by atoms with van der Waals surface area (Å²) in [6.07, 6.45) is 1.91. The van der Waals surface area contributed by atoms with Gasteiger partial charge < -0.3 is 10.6 Å². The highest BCUT2D eigenvalue weighted by molar-refractivity contribution is 9.10. The largest absolute Gasteiger partial charge is 0.351 e. The van der Waals surface area contributed by atoms with Gasteiger partial charge in [-0.25, -0.2) is 0 Å². The summed E-state index contributed by atoms with van der Waals surface area (Å²) in [6, 6.07) is 2.01. The third-order valence-corrected chi connectivity index (χ3v) is 4.75. The first-order valence-electron chi connectivity index (χ1n) is 5.47. The summed E-state index contributed by atoms with van der Waals surface area (Å²) in [5.74, 6) is 0.391. The summed E-state index contributed by atoms with van der Waals surface area (Å²) < 4.78 is 1.09. The number of carbonyl (C=O) groups is 1. The third-order valence-electron chi connectivity index (χ3n) is 2.82. The van der Waals surface area contributed by atoms with Gasteiger partial charge in [-0.15, -0.1) is 23.7 Å². The first-order valence-corrected chi connectivity index (χ1v) is 7.15. The summed E-state index contributed by atoms with van der Waals surface area (Å²) in [5, 5.41) is 8.30. The van der Waals surface area contributed by atoms with E-state index in [1.165, 1.54) is 4.88 Å². The van der Waals surface area contributed by atoms with E-state index in [9.17, 15) is 4.79 Å². The molecule has 96 valence electrons. The normalized spacial score (nSPS) is 16.3. The molecule has 0 saturated carbocycles. The molecule has 3 nitrogen and oxygen atoms in total. The number of amides is 1. The van der Waals surface area contributed by atoms with Crippen LogP contribution in [0.5, 0.6) is 0 Å². The van der Waals surface area contributed by atoms with E-state index in [-0.39, 0.29) is 24.2 Å². The maximum absolute atomic E-state index is 11.9. The van der Waals surface area contributed by atoms with Crippen LogP contribution in [0.4, 0.5) is 0 Å². The minimum absolute atomic E-state index is 0. The van der Waals surface area contributed by atoms with Gasteiger partial charge in [0.05, 0.1) is 6.54 Å². The van der Waals surface area contributed by atoms with Crippen molar-refractivity contribution >= 4 is 45.6 Å². The van der Waals surface area contributed by atoms with Gasteiger partial charge in [-0.1, -0.05) is 0 Å². The van der Waals surface area contributed by atoms with Crippen LogP contribution < -0.4 is 10.6 Å². The highest BCUT2D eigenvalue weighted by Crippen LogP contribution is 2.22. The third kappa shape index (κ3) is 4.25. The smallest absolute Gasteiger partial charge is 0.223 e. The Morgan fingerprint density at radius 2 is 2.24 bits per heavy atom. The molecule has 1 aliphatic heterocycles. The van der Waals surface area contributed by atoms with E-state index in [0.717, 1.165) is 30.4 Å². The molecular formula is C11H16BrClN2OS. The van der Waals surface area contributed by atoms with Crippen molar-refractivity contribution in [3.63, 3.8) is 0 Å². The standard InChI is InChI=1S/C11H15BrN2OS.ClH/c12-9-3-6-16-10(9)7-14-11(15)8-1-4-13-5-2-8;/h3,6,8,13H,1-2,4-5,7H2,(H,14,15);1H. The van der Waals surface area contributed by atoms with E-state index in [4.69, 9.17) is 0 Å². The molecule has 2 N–H and O–H groups in total. The van der Waals surface area contributed by atoms with Crippen LogP contribution in [0.1, 0.15) is 17.7 Å². The average molecular weight is 340 g/mol. The number of halogens is 2. The highest BCUT2D eigenvalue weighted by Gasteiger charge is 2.20. The van der Waals surface area contributed by atoms with E-state index in [1.807, 2.05) is 11.4 Å². The van der Waals surface area contributed by atoms with Crippen molar-refractivity contribution in [1.82, 2.24) is 10.6 Å². The first-order chi connectivity index (χ1) is 7.77. The average Bonchev–Trinajstić information content (AvgIpc) is 2.73. The van der Waals surface area contributed by atoms with Crippen LogP contribution in [0.25, 0.3) is 0 Å². The fraction of sp³-hybridized carbons (Fsp3) is 0.545. The van der Waals surface area contributed by atoms with Crippen LogP contribution in [-0.2, 0) is 11.3 Å². The Kier molecular flexibility index (Phi) is 6.48. The predicted molar refractivity (Wildman–Crippen MR) is 76.7 cm³/mol. The zero-order chi connectivity index (χ0) is 11.4. The molecule has 1 saturated heterocycles. The first kappa shape index (κ1) is 15.0. The van der Waals surface area contributed by atoms with E-state index in [1.54, 1.807) is 11.3 Å². The van der Waals surface area contributed by atoms with Gasteiger partial charge in [-0.2, -0.15) is 0 Å². The van der Waals surface area contributed by atoms with Gasteiger partial charge in [0.15, 0.2) is 0 Å². The fourth-order valence-corrected chi connectivity index (χ4v) is 3.28. The van der Waals surface area contributed by atoms with Crippen molar-refractivity contribution in [1.29, 1.82) is 0 Å². The number of rotatable bonds is 3. The van der Waals surface area contributed by atoms with Crippen molar-refractivity contribution in [3.8, 4) is 0 Å². The second-order valence-corrected chi connectivity index (χ2v) is 5.79. The lowest BCUT2D eigenvalue weighted by atomic mass is 9.97. The zero-order valence-corrected chi connectivity index (χ0v) is 12.6. The van der Waals surface area contributed by atoms with E-state index in [2.05, 4.69) is 26.6 Å². The lowest BCUT2D eigenvalue weighted by molar-refractivity contribution is -0.125. The number of hydrogen-bond acceptors (Lipinski definition) is 3. The van der Waals surface area contributed by atoms with Crippen LogP contribution in [0.15, 0.2) is 15.9 Å². The maximum Gasteiger partial charge on any atom is 0.223 e. The summed E-state index contributed by atoms with van der Waals surface area (Å²) in [7, 11) is 0. The second kappa shape index (κ2) is 7.36. The van der Waals surface area contributed by atoms with Gasteiger partial charge in [0.25, 0.3) is 0 Å². The molecule has 1 fully saturated rings. The Balaban J connectivity index is 0.00000144. The molecule has 1 aromatic rings. The number of thiophene rings is 1. The minimum Gasteiger partial charge on any atom is -0.351 e. The monoisotopic (exact) mass is 338 g/mol. The van der Waals surface area contributed by atoms with E-state index >= 15 is 0 Å². The molecule has 0 spiro atoms. The van der Waals surface area contributed by atoms with Crippen molar-refractivity contribution in [2.45, 2.75) is 19.4 Å². The molecule has 1 aromatic heterocycles. The molecule has 0 aromatic carbocycles. The highest BCUT2D eigenvalue weighted by atomic mass is 79.9. The van der Waals surface area contributed by atoms with Gasteiger partial charge in [-0.3, -0.25) is 4.79 Å². The summed E-state index contributed by atoms with van der Waals surface area (Å²) in [6.45, 7) is 2.56. The molecule has 17 heavy (non-hydrogen) atoms. The molecule has 0 bridgehead atoms. The van der Waals surface area contributed by atoms with Gasteiger partial charge in [0.1, 0.15) is 0 Å². The summed E-state index contributed by atoms with van der Waals surface area (Å²) in [4.78, 5) is 13.0. The molecule has 2 rings (SSSR count). The molecule has 1 amide bonds. The summed E-state index contributed by atoms with van der Waals surface area (Å²) >= 11 is 5.13. The minimum atomic E-state index is 0. The van der Waals surface area contributed by atoms with E-state index in [0.29, 0.717) is 6.54 Å². The van der Waals surface area contributed by atoms with Crippen molar-refractivity contribution in [2.24, 2.45) is 5.92 Å². The molecule has 0 aliphatic carbocycles. The zero-order valence-electron chi connectivity index (χ0n) is 9.37. The van der Waals surface area contributed by atoms with E-state index < -0.39 is 0 Å². The lowest BCUT2D eigenvalue weighted by Gasteiger charge is -2.21. The Labute approximate surface area is 120 Å². The number of piperidine rings is 1. The summed E-state index contributed by atoms with van der Waals surface area (Å²) in [5.41, 5.74) is 0. The molecule has 6 heteroatoms. The Morgan fingerprint density at radius 3 is 2.82 bits per heavy atom. The van der Waals surface area contributed by atoms with Crippen LogP contribution in [-0.4, -0.2) is 19.0 Å². The van der Waals surface area contributed by atoms with Gasteiger partial charge in [0.2, 0.25) is 5.91 Å². The Morgan fingerprint density at radius 1 is 1.53 bits per heavy atom. The second-order valence-electron chi connectivity index (χ2n) is 3.93. The topological polar surface area (TPSA) is 41.1 Å². The molecule has 0 atom stereocenters. The van der Waals surface area contributed by atoms with Crippen molar-refractivity contribution < 1.29 is 4.79 Å². The quantitative estimate of drug-likeness (QED) is 0.888. The maximum atomic E-state index is 11.9. The Bertz CT molecular complexity index is 366. The van der Waals surface area contributed by atoms with Crippen LogP contribution in [0, 0.1) is 5.92 Å². The van der Waals surface area contributed by atoms with Gasteiger partial charge in [-0.05, 0) is 53.3 Å². The number of carbonyl (C=O) groups excluding carboxylic acids is 1. The van der Waals surface area contributed by atoms with Crippen molar-refractivity contribution in [2.75, 3.05) is 13.1 Å². The van der Waals surface area contributed by atoms with Crippen LogP contribution >= 0.6 is 39.7 Å². The molecule has 0 radical (unpaired) electrons. The van der Waals surface area contributed by atoms with Crippen LogP contribution in [0.3, 0.4) is 0 Å². The molecule has 1 aliphatic rings. The predicted octanol–water partition coefficient (Wildman–Crippen LogP) is 2.55. The number of hydrogen-bond donors (Lipinski definition) is 2. The van der Waals surface area contributed by atoms with Gasteiger partial charge in [0, 0.05) is 15.3 Å². The van der Waals surface area contributed by atoms with Crippen LogP contribution in [0.2, 0.25) is 0 Å². The van der Waals surface area contributed by atoms with Crippen molar-refractivity contribution in [3.05, 3.63) is 20.8 Å². The van der Waals surface area contributed by atoms with Gasteiger partial charge >= 0.3 is 0 Å². The molecular weight excluding hydrogens is 324 g/mol. The SMILES string of the molecule is Cl.O=C(NCc1sccc1Br)C1CCNCC1.